The van der Waals surface area contributed by atoms with Crippen molar-refractivity contribution in [3.8, 4) is 5.75 Å². The number of carbonyl (C=O) groups excluding carboxylic acids is 2. The summed E-state index contributed by atoms with van der Waals surface area (Å²) in [5, 5.41) is 3.76. The van der Waals surface area contributed by atoms with E-state index in [2.05, 4.69) is 5.32 Å². The van der Waals surface area contributed by atoms with E-state index < -0.39 is 0 Å². The van der Waals surface area contributed by atoms with Crippen molar-refractivity contribution in [3.05, 3.63) is 60.3 Å². The largest absolute Gasteiger partial charge is 0.497 e. The number of methoxy groups -OCH3 is 1. The highest BCUT2D eigenvalue weighted by molar-refractivity contribution is 6.08. The van der Waals surface area contributed by atoms with Crippen LogP contribution in [0.2, 0.25) is 0 Å². The summed E-state index contributed by atoms with van der Waals surface area (Å²) in [5.74, 6) is 0.696. The van der Waals surface area contributed by atoms with Crippen molar-refractivity contribution in [3.63, 3.8) is 0 Å². The molecule has 1 heterocycles. The molecule has 0 aliphatic carbocycles. The maximum Gasteiger partial charge on any atom is 0.244 e. The lowest BCUT2D eigenvalue weighted by Crippen LogP contribution is -2.18. The van der Waals surface area contributed by atoms with Crippen LogP contribution in [0.3, 0.4) is 0 Å². The number of aromatic nitrogens is 1. The molecular formula is C21H22N2O3. The molecule has 3 aromatic rings. The average Bonchev–Trinajstić information content (AvgIpc) is 3.01. The van der Waals surface area contributed by atoms with Crippen molar-refractivity contribution in [1.82, 2.24) is 4.57 Å². The molecule has 0 saturated carbocycles. The predicted octanol–water partition coefficient (Wildman–Crippen LogP) is 4.27. The van der Waals surface area contributed by atoms with Gasteiger partial charge in [-0.1, -0.05) is 25.1 Å². The van der Waals surface area contributed by atoms with Crippen molar-refractivity contribution >= 4 is 28.3 Å². The average molecular weight is 350 g/mol. The Morgan fingerprint density at radius 2 is 1.81 bits per heavy atom. The normalized spacial score (nSPS) is 10.7. The van der Waals surface area contributed by atoms with Crippen LogP contribution in [0, 0.1) is 0 Å². The number of anilines is 1. The Morgan fingerprint density at radius 1 is 1.08 bits per heavy atom. The molecule has 0 aliphatic rings. The zero-order chi connectivity index (χ0) is 18.5. The molecule has 0 bridgehead atoms. The van der Waals surface area contributed by atoms with Crippen LogP contribution in [0.25, 0.3) is 10.9 Å². The molecule has 0 atom stereocenters. The number of ether oxygens (including phenoxy) is 1. The summed E-state index contributed by atoms with van der Waals surface area (Å²) in [5.41, 5.74) is 2.27. The topological polar surface area (TPSA) is 60.3 Å². The number of Topliss-reactive ketones (excluding diaryl/α,β-unsaturated/α-hetero) is 1. The molecule has 1 N–H and O–H groups in total. The van der Waals surface area contributed by atoms with Crippen LogP contribution >= 0.6 is 0 Å². The van der Waals surface area contributed by atoms with Crippen LogP contribution in [-0.4, -0.2) is 23.4 Å². The molecule has 0 saturated heterocycles. The van der Waals surface area contributed by atoms with Crippen LogP contribution < -0.4 is 10.1 Å². The van der Waals surface area contributed by atoms with Crippen molar-refractivity contribution < 1.29 is 14.3 Å². The number of nitrogens with one attached hydrogen (secondary N) is 1. The fourth-order valence-electron chi connectivity index (χ4n) is 2.99. The van der Waals surface area contributed by atoms with Crippen molar-refractivity contribution in [2.45, 2.75) is 26.3 Å². The number of nitrogens with zero attached hydrogens (tertiary/aromatic N) is 1. The van der Waals surface area contributed by atoms with E-state index in [1.165, 1.54) is 0 Å². The Kier molecular flexibility index (Phi) is 5.37. The number of benzene rings is 2. The maximum absolute atomic E-state index is 12.4. The van der Waals surface area contributed by atoms with Crippen LogP contribution in [0.15, 0.2) is 54.7 Å². The molecule has 1 aromatic heterocycles. The van der Waals surface area contributed by atoms with Gasteiger partial charge in [0.25, 0.3) is 0 Å². The zero-order valence-corrected chi connectivity index (χ0v) is 15.0. The lowest BCUT2D eigenvalue weighted by atomic mass is 10.1. The molecule has 0 fully saturated rings. The van der Waals surface area contributed by atoms with E-state index in [4.69, 9.17) is 4.74 Å². The van der Waals surface area contributed by atoms with Gasteiger partial charge in [-0.2, -0.15) is 0 Å². The quantitative estimate of drug-likeness (QED) is 0.647. The fraction of sp³-hybridized carbons (Fsp3) is 0.238. The highest BCUT2D eigenvalue weighted by atomic mass is 16.5. The summed E-state index contributed by atoms with van der Waals surface area (Å²) in [6, 6.07) is 14.8. The predicted molar refractivity (Wildman–Crippen MR) is 103 cm³/mol. The molecule has 1 amide bonds. The lowest BCUT2D eigenvalue weighted by Gasteiger charge is -2.08. The molecule has 0 aliphatic heterocycles. The van der Waals surface area contributed by atoms with E-state index in [1.807, 2.05) is 35.8 Å². The monoisotopic (exact) mass is 350 g/mol. The third-order valence-corrected chi connectivity index (χ3v) is 4.25. The van der Waals surface area contributed by atoms with E-state index >= 15 is 0 Å². The van der Waals surface area contributed by atoms with E-state index in [1.54, 1.807) is 37.6 Å². The van der Waals surface area contributed by atoms with Crippen molar-refractivity contribution in [2.24, 2.45) is 0 Å². The second-order valence-electron chi connectivity index (χ2n) is 6.14. The van der Waals surface area contributed by atoms with E-state index in [9.17, 15) is 9.59 Å². The molecule has 26 heavy (non-hydrogen) atoms. The van der Waals surface area contributed by atoms with Crippen LogP contribution in [0.5, 0.6) is 5.75 Å². The minimum atomic E-state index is -0.148. The third kappa shape index (κ3) is 3.77. The van der Waals surface area contributed by atoms with Gasteiger partial charge < -0.3 is 14.6 Å². The molecule has 0 radical (unpaired) electrons. The van der Waals surface area contributed by atoms with Gasteiger partial charge in [-0.15, -0.1) is 0 Å². The standard InChI is InChI=1S/C21H22N2O3/c1-3-6-20(24)18-13-23(19-8-5-4-7-17(18)19)14-21(25)22-15-9-11-16(26-2)12-10-15/h4-5,7-13H,3,6,14H2,1-2H3,(H,22,25). The molecule has 2 aromatic carbocycles. The summed E-state index contributed by atoms with van der Waals surface area (Å²) in [7, 11) is 1.60. The number of hydrogen-bond donors (Lipinski definition) is 1. The van der Waals surface area contributed by atoms with Gasteiger partial charge in [0.1, 0.15) is 12.3 Å². The van der Waals surface area contributed by atoms with Crippen LogP contribution in [0.1, 0.15) is 30.1 Å². The van der Waals surface area contributed by atoms with Gasteiger partial charge in [-0.25, -0.2) is 0 Å². The van der Waals surface area contributed by atoms with E-state index in [0.717, 1.165) is 23.1 Å². The summed E-state index contributed by atoms with van der Waals surface area (Å²) in [6.45, 7) is 2.13. The second kappa shape index (κ2) is 7.87. The van der Waals surface area contributed by atoms with Gasteiger partial charge >= 0.3 is 0 Å². The fourth-order valence-corrected chi connectivity index (χ4v) is 2.99. The molecule has 0 unspecified atom stereocenters. The first-order valence-electron chi connectivity index (χ1n) is 8.67. The number of rotatable bonds is 7. The maximum atomic E-state index is 12.4. The van der Waals surface area contributed by atoms with Gasteiger partial charge in [0.15, 0.2) is 5.78 Å². The number of fused-ring (bicyclic) bond motifs is 1. The minimum Gasteiger partial charge on any atom is -0.497 e. The van der Waals surface area contributed by atoms with Gasteiger partial charge in [0, 0.05) is 34.8 Å². The molecule has 3 rings (SSSR count). The molecule has 134 valence electrons. The van der Waals surface area contributed by atoms with Crippen molar-refractivity contribution in [2.75, 3.05) is 12.4 Å². The summed E-state index contributed by atoms with van der Waals surface area (Å²) in [4.78, 5) is 24.8. The molecule has 5 heteroatoms. The number of carbonyl (C=O) groups is 2. The van der Waals surface area contributed by atoms with E-state index in [-0.39, 0.29) is 18.2 Å². The Hall–Kier alpha value is -3.08. The number of hydrogen-bond acceptors (Lipinski definition) is 3. The number of amides is 1. The summed E-state index contributed by atoms with van der Waals surface area (Å²) >= 11 is 0. The summed E-state index contributed by atoms with van der Waals surface area (Å²) < 4.78 is 6.94. The SMILES string of the molecule is CCCC(=O)c1cn(CC(=O)Nc2ccc(OC)cc2)c2ccccc12. The highest BCUT2D eigenvalue weighted by Gasteiger charge is 2.15. The van der Waals surface area contributed by atoms with Gasteiger partial charge in [-0.3, -0.25) is 9.59 Å². The van der Waals surface area contributed by atoms with Gasteiger partial charge in [0.05, 0.1) is 7.11 Å². The Labute approximate surface area is 152 Å². The van der Waals surface area contributed by atoms with E-state index in [0.29, 0.717) is 17.7 Å². The zero-order valence-electron chi connectivity index (χ0n) is 15.0. The van der Waals surface area contributed by atoms with Gasteiger partial charge in [-0.05, 0) is 36.8 Å². The first-order valence-corrected chi connectivity index (χ1v) is 8.67. The van der Waals surface area contributed by atoms with Crippen molar-refractivity contribution in [1.29, 1.82) is 0 Å². The lowest BCUT2D eigenvalue weighted by molar-refractivity contribution is -0.116. The minimum absolute atomic E-state index is 0.109. The first kappa shape index (κ1) is 17.7. The Morgan fingerprint density at radius 3 is 2.50 bits per heavy atom. The highest BCUT2D eigenvalue weighted by Crippen LogP contribution is 2.23. The molecular weight excluding hydrogens is 328 g/mol. The molecule has 0 spiro atoms. The van der Waals surface area contributed by atoms with Gasteiger partial charge in [0.2, 0.25) is 5.91 Å². The third-order valence-electron chi connectivity index (χ3n) is 4.25. The number of para-hydroxylation sites is 1. The Bertz CT molecular complexity index is 926. The smallest absolute Gasteiger partial charge is 0.244 e. The van der Waals surface area contributed by atoms with Crippen LogP contribution in [0.4, 0.5) is 5.69 Å². The summed E-state index contributed by atoms with van der Waals surface area (Å²) in [6.07, 6.45) is 3.10. The first-order chi connectivity index (χ1) is 12.6. The Balaban J connectivity index is 1.81. The number of ketones is 1. The second-order valence-corrected chi connectivity index (χ2v) is 6.14. The molecule has 5 nitrogen and oxygen atoms in total. The van der Waals surface area contributed by atoms with Crippen LogP contribution in [-0.2, 0) is 11.3 Å².